The number of carbonyl (C=O) groups excluding carboxylic acids is 1. The highest BCUT2D eigenvalue weighted by Crippen LogP contribution is 2.44. The Morgan fingerprint density at radius 3 is 2.18 bits per heavy atom. The maximum absolute atomic E-state index is 12.9. The Labute approximate surface area is 179 Å². The number of carbonyl (C=O) groups is 1. The van der Waals surface area contributed by atoms with Gasteiger partial charge in [0.05, 0.1) is 23.3 Å². The van der Waals surface area contributed by atoms with Crippen molar-refractivity contribution in [2.45, 2.75) is 36.4 Å². The second-order valence-electron chi connectivity index (χ2n) is 5.59. The summed E-state index contributed by atoms with van der Waals surface area (Å²) in [5.74, 6) is -0.873. The maximum Gasteiger partial charge on any atom is 0.425 e. The highest BCUT2D eigenvalue weighted by atomic mass is 35.5. The minimum Gasteiger partial charge on any atom is -0.508 e. The Morgan fingerprint density at radius 1 is 1.14 bits per heavy atom. The summed E-state index contributed by atoms with van der Waals surface area (Å²) in [7, 11) is 0. The van der Waals surface area contributed by atoms with Crippen LogP contribution in [0.1, 0.15) is 19.8 Å². The third-order valence-corrected chi connectivity index (χ3v) is 4.75. The molecule has 1 N–H and O–H groups in total. The van der Waals surface area contributed by atoms with E-state index in [1.165, 1.54) is 12.1 Å². The molecule has 0 fully saturated rings. The van der Waals surface area contributed by atoms with Gasteiger partial charge in [0.1, 0.15) is 5.75 Å². The number of phenolic OH excluding ortho intramolecular Hbond substituents is 1. The van der Waals surface area contributed by atoms with Gasteiger partial charge in [-0.1, -0.05) is 46.4 Å². The summed E-state index contributed by atoms with van der Waals surface area (Å²) in [5.41, 5.74) is 0. The number of hydrogen-bond donors (Lipinski definition) is 1. The van der Waals surface area contributed by atoms with E-state index in [0.29, 0.717) is 12.8 Å². The summed E-state index contributed by atoms with van der Waals surface area (Å²) in [6.07, 6.45) is -6.07. The van der Waals surface area contributed by atoms with Gasteiger partial charge in [-0.3, -0.25) is 4.79 Å². The summed E-state index contributed by atoms with van der Waals surface area (Å²) in [5, 5.41) is 9.61. The molecule has 1 aromatic carbocycles. The molecule has 160 valence electrons. The van der Waals surface area contributed by atoms with Gasteiger partial charge >= 0.3 is 12.1 Å². The molecule has 0 heterocycles. The van der Waals surface area contributed by atoms with Gasteiger partial charge in [0.15, 0.2) is 11.9 Å². The zero-order valence-electron chi connectivity index (χ0n) is 14.5. The fourth-order valence-electron chi connectivity index (χ4n) is 1.95. The Bertz CT molecular complexity index is 647. The van der Waals surface area contributed by atoms with Crippen LogP contribution in [0.4, 0.5) is 13.2 Å². The molecule has 1 unspecified atom stereocenters. The highest BCUT2D eigenvalue weighted by molar-refractivity contribution is 6.49. The molecule has 1 atom stereocenters. The van der Waals surface area contributed by atoms with Crippen molar-refractivity contribution in [3.8, 4) is 11.5 Å². The van der Waals surface area contributed by atoms with Crippen LogP contribution in [0.25, 0.3) is 0 Å². The number of unbranched alkanes of at least 4 members (excludes halogenated alkanes) is 1. The van der Waals surface area contributed by atoms with Crippen molar-refractivity contribution in [1.82, 2.24) is 0 Å². The fraction of sp³-hybridized carbons (Fsp3) is 0.562. The lowest BCUT2D eigenvalue weighted by Gasteiger charge is -2.30. The van der Waals surface area contributed by atoms with Crippen LogP contribution >= 0.6 is 46.4 Å². The van der Waals surface area contributed by atoms with Crippen LogP contribution < -0.4 is 4.74 Å². The molecule has 0 amide bonds. The van der Waals surface area contributed by atoms with Gasteiger partial charge in [-0.25, -0.2) is 0 Å². The Balaban J connectivity index is 2.41. The Kier molecular flexibility index (Phi) is 9.76. The van der Waals surface area contributed by atoms with Crippen LogP contribution in [0, 0.1) is 0 Å². The molecule has 1 aromatic rings. The summed E-state index contributed by atoms with van der Waals surface area (Å²) < 4.78 is 50.5. The third-order valence-electron chi connectivity index (χ3n) is 3.27. The lowest BCUT2D eigenvalue weighted by atomic mass is 10.2. The minimum atomic E-state index is -5.02. The van der Waals surface area contributed by atoms with Crippen molar-refractivity contribution in [2.75, 3.05) is 19.8 Å². The summed E-state index contributed by atoms with van der Waals surface area (Å²) in [4.78, 5) is 11.0. The van der Waals surface area contributed by atoms with Crippen molar-refractivity contribution in [1.29, 1.82) is 0 Å². The van der Waals surface area contributed by atoms with Crippen molar-refractivity contribution in [2.24, 2.45) is 0 Å². The monoisotopic (exact) mass is 486 g/mol. The predicted molar refractivity (Wildman–Crippen MR) is 99.7 cm³/mol. The predicted octanol–water partition coefficient (Wildman–Crippen LogP) is 5.54. The number of halogens is 7. The quantitative estimate of drug-likeness (QED) is 0.266. The first-order valence-electron chi connectivity index (χ1n) is 7.86. The van der Waals surface area contributed by atoms with E-state index in [4.69, 9.17) is 55.9 Å². The number of hydrogen-bond acceptors (Lipinski definition) is 5. The standard InChI is InChI=1S/C16H17Cl4F3O5/c1-9(24)28-13(15(19,20)16(21,22)23)8-26-4-2-3-5-27-14-11(17)6-10(25)7-12(14)18/h6-7,13,25H,2-5,8H2,1H3. The van der Waals surface area contributed by atoms with Crippen molar-refractivity contribution >= 4 is 52.4 Å². The van der Waals surface area contributed by atoms with E-state index in [2.05, 4.69) is 4.74 Å². The maximum atomic E-state index is 12.9. The zero-order valence-corrected chi connectivity index (χ0v) is 17.5. The van der Waals surface area contributed by atoms with Gasteiger partial charge in [-0.05, 0) is 12.8 Å². The second kappa shape index (κ2) is 10.8. The van der Waals surface area contributed by atoms with E-state index in [0.717, 1.165) is 6.92 Å². The van der Waals surface area contributed by atoms with E-state index >= 15 is 0 Å². The summed E-state index contributed by atoms with van der Waals surface area (Å²) in [6, 6.07) is 2.54. The Hall–Kier alpha value is -0.800. The zero-order chi connectivity index (χ0) is 21.5. The summed E-state index contributed by atoms with van der Waals surface area (Å²) in [6.45, 7) is 0.533. The lowest BCUT2D eigenvalue weighted by Crippen LogP contribution is -2.49. The second-order valence-corrected chi connectivity index (χ2v) is 7.79. The number of phenols is 1. The van der Waals surface area contributed by atoms with E-state index in [-0.39, 0.29) is 34.8 Å². The van der Waals surface area contributed by atoms with Gasteiger partial charge in [0.25, 0.3) is 4.33 Å². The smallest absolute Gasteiger partial charge is 0.425 e. The van der Waals surface area contributed by atoms with Gasteiger partial charge in [-0.2, -0.15) is 13.2 Å². The van der Waals surface area contributed by atoms with E-state index in [1.54, 1.807) is 0 Å². The van der Waals surface area contributed by atoms with Crippen LogP contribution in [0.15, 0.2) is 12.1 Å². The first-order valence-corrected chi connectivity index (χ1v) is 9.37. The van der Waals surface area contributed by atoms with E-state index in [1.807, 2.05) is 0 Å². The van der Waals surface area contributed by atoms with Crippen molar-refractivity contribution in [3.63, 3.8) is 0 Å². The van der Waals surface area contributed by atoms with Gasteiger partial charge in [0.2, 0.25) is 0 Å². The highest BCUT2D eigenvalue weighted by Gasteiger charge is 2.59. The van der Waals surface area contributed by atoms with Crippen molar-refractivity contribution < 1.29 is 37.3 Å². The number of ether oxygens (including phenoxy) is 3. The van der Waals surface area contributed by atoms with Crippen LogP contribution in [0.2, 0.25) is 10.0 Å². The number of rotatable bonds is 10. The van der Waals surface area contributed by atoms with E-state index in [9.17, 15) is 23.1 Å². The average Bonchev–Trinajstić information content (AvgIpc) is 2.53. The van der Waals surface area contributed by atoms with Gasteiger partial charge in [0, 0.05) is 25.7 Å². The van der Waals surface area contributed by atoms with Crippen LogP contribution in [0.5, 0.6) is 11.5 Å². The third kappa shape index (κ3) is 7.55. The molecule has 0 bridgehead atoms. The molecular weight excluding hydrogens is 471 g/mol. The largest absolute Gasteiger partial charge is 0.508 e. The molecule has 5 nitrogen and oxygen atoms in total. The molecule has 0 aliphatic carbocycles. The van der Waals surface area contributed by atoms with Crippen LogP contribution in [0.3, 0.4) is 0 Å². The Morgan fingerprint density at radius 2 is 1.68 bits per heavy atom. The normalized spacial score (nSPS) is 13.3. The number of aromatic hydroxyl groups is 1. The van der Waals surface area contributed by atoms with Crippen molar-refractivity contribution in [3.05, 3.63) is 22.2 Å². The SMILES string of the molecule is CC(=O)OC(COCCCCOc1c(Cl)cc(O)cc1Cl)C(Cl)(Cl)C(F)(F)F. The molecule has 0 aliphatic heterocycles. The molecule has 28 heavy (non-hydrogen) atoms. The molecule has 0 saturated heterocycles. The van der Waals surface area contributed by atoms with Crippen LogP contribution in [-0.4, -0.2) is 47.5 Å². The number of alkyl halides is 5. The number of esters is 1. The molecule has 0 saturated carbocycles. The topological polar surface area (TPSA) is 65.0 Å². The average molecular weight is 488 g/mol. The molecular formula is C16H17Cl4F3O5. The number of benzene rings is 1. The first-order chi connectivity index (χ1) is 12.9. The molecule has 0 aromatic heterocycles. The minimum absolute atomic E-state index is 0.0415. The van der Waals surface area contributed by atoms with Gasteiger partial charge in [-0.15, -0.1) is 0 Å². The molecule has 1 rings (SSSR count). The summed E-state index contributed by atoms with van der Waals surface area (Å²) >= 11 is 22.4. The van der Waals surface area contributed by atoms with Crippen LogP contribution in [-0.2, 0) is 14.3 Å². The molecule has 12 heteroatoms. The van der Waals surface area contributed by atoms with Gasteiger partial charge < -0.3 is 19.3 Å². The lowest BCUT2D eigenvalue weighted by molar-refractivity contribution is -0.183. The molecule has 0 radical (unpaired) electrons. The van der Waals surface area contributed by atoms with E-state index < -0.39 is 29.2 Å². The first kappa shape index (κ1) is 25.2. The fourth-order valence-corrected chi connectivity index (χ4v) is 2.75. The molecule has 0 spiro atoms. The molecule has 0 aliphatic rings.